The number of hydrogen-bond acceptors (Lipinski definition) is 6. The van der Waals surface area contributed by atoms with Crippen molar-refractivity contribution in [2.24, 2.45) is 5.10 Å². The molecule has 0 bridgehead atoms. The van der Waals surface area contributed by atoms with Crippen molar-refractivity contribution in [1.82, 2.24) is 15.6 Å². The van der Waals surface area contributed by atoms with E-state index in [0.29, 0.717) is 5.01 Å². The topological polar surface area (TPSA) is 96.3 Å². The SMILES string of the molecule is Cc1cc(C)c(/C=N/NC(=O)C(=O)Nc2nnc(-c3ccccc3)s2)c(C)c1. The summed E-state index contributed by atoms with van der Waals surface area (Å²) in [6.45, 7) is 5.95. The number of amides is 2. The largest absolute Gasteiger partial charge is 0.329 e. The number of hydrazone groups is 1. The minimum Gasteiger partial charge on any atom is -0.292 e. The highest BCUT2D eigenvalue weighted by Crippen LogP contribution is 2.25. The molecular formula is C20H19N5O2S. The predicted octanol–water partition coefficient (Wildman–Crippen LogP) is 3.22. The number of carbonyl (C=O) groups is 2. The third kappa shape index (κ3) is 4.66. The zero-order chi connectivity index (χ0) is 20.1. The number of benzene rings is 2. The minimum atomic E-state index is -0.880. The molecule has 1 heterocycles. The molecule has 0 aliphatic rings. The average molecular weight is 393 g/mol. The first-order valence-corrected chi connectivity index (χ1v) is 9.37. The Labute approximate surface area is 166 Å². The van der Waals surface area contributed by atoms with Gasteiger partial charge in [0.1, 0.15) is 5.01 Å². The van der Waals surface area contributed by atoms with E-state index < -0.39 is 11.8 Å². The molecule has 3 rings (SSSR count). The number of carbonyl (C=O) groups excluding carboxylic acids is 2. The van der Waals surface area contributed by atoms with E-state index in [1.54, 1.807) is 0 Å². The first kappa shape index (κ1) is 19.4. The van der Waals surface area contributed by atoms with Crippen LogP contribution in [0.3, 0.4) is 0 Å². The lowest BCUT2D eigenvalue weighted by atomic mass is 10.0. The third-order valence-corrected chi connectivity index (χ3v) is 4.86. The molecule has 0 aliphatic heterocycles. The number of nitrogens with one attached hydrogen (secondary N) is 2. The number of anilines is 1. The molecule has 2 aromatic carbocycles. The van der Waals surface area contributed by atoms with Gasteiger partial charge in [-0.25, -0.2) is 5.43 Å². The number of aromatic nitrogens is 2. The van der Waals surface area contributed by atoms with Gasteiger partial charge in [-0.3, -0.25) is 14.9 Å². The van der Waals surface area contributed by atoms with E-state index in [1.807, 2.05) is 63.2 Å². The number of hydrogen-bond donors (Lipinski definition) is 2. The Hall–Kier alpha value is -3.39. The summed E-state index contributed by atoms with van der Waals surface area (Å²) in [6.07, 6.45) is 1.54. The van der Waals surface area contributed by atoms with Crippen LogP contribution in [0.25, 0.3) is 10.6 Å². The van der Waals surface area contributed by atoms with Gasteiger partial charge in [0, 0.05) is 11.1 Å². The van der Waals surface area contributed by atoms with E-state index in [4.69, 9.17) is 0 Å². The van der Waals surface area contributed by atoms with Crippen LogP contribution in [0.1, 0.15) is 22.3 Å². The van der Waals surface area contributed by atoms with Crippen molar-refractivity contribution in [3.63, 3.8) is 0 Å². The van der Waals surface area contributed by atoms with E-state index in [2.05, 4.69) is 26.0 Å². The summed E-state index contributed by atoms with van der Waals surface area (Å²) in [7, 11) is 0. The predicted molar refractivity (Wildman–Crippen MR) is 110 cm³/mol. The maximum Gasteiger partial charge on any atom is 0.329 e. The minimum absolute atomic E-state index is 0.244. The van der Waals surface area contributed by atoms with E-state index >= 15 is 0 Å². The van der Waals surface area contributed by atoms with Crippen LogP contribution in [0.15, 0.2) is 47.6 Å². The van der Waals surface area contributed by atoms with Crippen molar-refractivity contribution >= 4 is 34.5 Å². The molecule has 0 radical (unpaired) electrons. The Balaban J connectivity index is 1.60. The van der Waals surface area contributed by atoms with Crippen LogP contribution >= 0.6 is 11.3 Å². The van der Waals surface area contributed by atoms with Crippen LogP contribution in [-0.4, -0.2) is 28.2 Å². The second kappa shape index (κ2) is 8.53. The highest BCUT2D eigenvalue weighted by atomic mass is 32.1. The fraction of sp³-hybridized carbons (Fsp3) is 0.150. The van der Waals surface area contributed by atoms with Crippen molar-refractivity contribution in [3.05, 3.63) is 64.7 Å². The van der Waals surface area contributed by atoms with Crippen molar-refractivity contribution < 1.29 is 9.59 Å². The molecule has 3 aromatic rings. The molecule has 0 saturated carbocycles. The van der Waals surface area contributed by atoms with Gasteiger partial charge in [0.2, 0.25) is 5.13 Å². The van der Waals surface area contributed by atoms with Crippen molar-refractivity contribution in [2.45, 2.75) is 20.8 Å². The summed E-state index contributed by atoms with van der Waals surface area (Å²) < 4.78 is 0. The van der Waals surface area contributed by atoms with Gasteiger partial charge in [-0.15, -0.1) is 10.2 Å². The molecule has 2 N–H and O–H groups in total. The molecule has 7 nitrogen and oxygen atoms in total. The van der Waals surface area contributed by atoms with Crippen LogP contribution in [0, 0.1) is 20.8 Å². The lowest BCUT2D eigenvalue weighted by Crippen LogP contribution is -2.32. The molecule has 0 unspecified atom stereocenters. The summed E-state index contributed by atoms with van der Waals surface area (Å²) in [5.41, 5.74) is 7.27. The van der Waals surface area contributed by atoms with Gasteiger partial charge in [0.05, 0.1) is 6.21 Å². The molecule has 0 fully saturated rings. The Morgan fingerprint density at radius 2 is 1.68 bits per heavy atom. The summed E-state index contributed by atoms with van der Waals surface area (Å²) in [6, 6.07) is 13.5. The monoisotopic (exact) mass is 393 g/mol. The lowest BCUT2D eigenvalue weighted by molar-refractivity contribution is -0.136. The van der Waals surface area contributed by atoms with Crippen LogP contribution in [0.4, 0.5) is 5.13 Å². The Kier molecular flexibility index (Phi) is 5.90. The summed E-state index contributed by atoms with van der Waals surface area (Å²) in [4.78, 5) is 24.0. The second-order valence-corrected chi connectivity index (χ2v) is 7.22. The van der Waals surface area contributed by atoms with Crippen LogP contribution < -0.4 is 10.7 Å². The van der Waals surface area contributed by atoms with Crippen LogP contribution in [-0.2, 0) is 9.59 Å². The molecule has 0 spiro atoms. The van der Waals surface area contributed by atoms with Gasteiger partial charge in [-0.2, -0.15) is 5.10 Å². The molecule has 8 heteroatoms. The molecule has 142 valence electrons. The highest BCUT2D eigenvalue weighted by molar-refractivity contribution is 7.18. The van der Waals surface area contributed by atoms with Crippen molar-refractivity contribution in [1.29, 1.82) is 0 Å². The van der Waals surface area contributed by atoms with Gasteiger partial charge in [0.25, 0.3) is 0 Å². The number of nitrogens with zero attached hydrogens (tertiary/aromatic N) is 3. The maximum absolute atomic E-state index is 12.0. The maximum atomic E-state index is 12.0. The normalized spacial score (nSPS) is 10.8. The van der Waals surface area contributed by atoms with Gasteiger partial charge < -0.3 is 0 Å². The van der Waals surface area contributed by atoms with Crippen LogP contribution in [0.2, 0.25) is 0 Å². The standard InChI is InChI=1S/C20H19N5O2S/c1-12-9-13(2)16(14(3)10-12)11-21-23-18(27)17(26)22-20-25-24-19(28-20)15-7-5-4-6-8-15/h4-11H,1-3H3,(H,23,27)(H,22,25,26)/b21-11+. The fourth-order valence-corrected chi connectivity index (χ4v) is 3.47. The van der Waals surface area contributed by atoms with Gasteiger partial charge >= 0.3 is 11.8 Å². The Bertz CT molecular complexity index is 1020. The average Bonchev–Trinajstić information content (AvgIpc) is 3.12. The summed E-state index contributed by atoms with van der Waals surface area (Å²) in [5, 5.41) is 15.1. The van der Waals surface area contributed by atoms with Gasteiger partial charge in [0.15, 0.2) is 0 Å². The lowest BCUT2D eigenvalue weighted by Gasteiger charge is -2.06. The molecule has 0 saturated heterocycles. The third-order valence-electron chi connectivity index (χ3n) is 3.97. The Morgan fingerprint density at radius 3 is 2.36 bits per heavy atom. The molecular weight excluding hydrogens is 374 g/mol. The zero-order valence-corrected chi connectivity index (χ0v) is 16.5. The van der Waals surface area contributed by atoms with Gasteiger partial charge in [-0.05, 0) is 31.9 Å². The number of rotatable bonds is 4. The van der Waals surface area contributed by atoms with Crippen molar-refractivity contribution in [2.75, 3.05) is 5.32 Å². The summed E-state index contributed by atoms with van der Waals surface area (Å²) in [5.74, 6) is -1.74. The molecule has 0 aliphatic carbocycles. The molecule has 28 heavy (non-hydrogen) atoms. The van der Waals surface area contributed by atoms with Crippen molar-refractivity contribution in [3.8, 4) is 10.6 Å². The van der Waals surface area contributed by atoms with E-state index in [9.17, 15) is 9.59 Å². The zero-order valence-electron chi connectivity index (χ0n) is 15.7. The molecule has 2 amide bonds. The Morgan fingerprint density at radius 1 is 1.00 bits per heavy atom. The molecule has 1 aromatic heterocycles. The van der Waals surface area contributed by atoms with E-state index in [-0.39, 0.29) is 5.13 Å². The second-order valence-electron chi connectivity index (χ2n) is 6.24. The van der Waals surface area contributed by atoms with Crippen LogP contribution in [0.5, 0.6) is 0 Å². The first-order chi connectivity index (χ1) is 13.4. The smallest absolute Gasteiger partial charge is 0.292 e. The highest BCUT2D eigenvalue weighted by Gasteiger charge is 2.16. The van der Waals surface area contributed by atoms with Gasteiger partial charge in [-0.1, -0.05) is 59.4 Å². The number of aryl methyl sites for hydroxylation is 3. The first-order valence-electron chi connectivity index (χ1n) is 8.55. The summed E-state index contributed by atoms with van der Waals surface area (Å²) >= 11 is 1.19. The quantitative estimate of drug-likeness (QED) is 0.404. The van der Waals surface area contributed by atoms with E-state index in [1.165, 1.54) is 17.6 Å². The van der Waals surface area contributed by atoms with E-state index in [0.717, 1.165) is 27.8 Å². The molecule has 0 atom stereocenters. The fourth-order valence-electron chi connectivity index (χ4n) is 2.73.